The molecule has 1 aromatic rings. The van der Waals surface area contributed by atoms with Gasteiger partial charge in [0.15, 0.2) is 0 Å². The zero-order valence-corrected chi connectivity index (χ0v) is 16.9. The van der Waals surface area contributed by atoms with E-state index in [4.69, 9.17) is 0 Å². The van der Waals surface area contributed by atoms with Crippen molar-refractivity contribution in [2.24, 2.45) is 13.0 Å². The number of amides is 1. The van der Waals surface area contributed by atoms with Crippen LogP contribution in [0.1, 0.15) is 43.1 Å². The van der Waals surface area contributed by atoms with Crippen molar-refractivity contribution < 1.29 is 22.7 Å². The van der Waals surface area contributed by atoms with Gasteiger partial charge in [0.1, 0.15) is 16.6 Å². The number of likely N-dealkylation sites (tertiary alicyclic amines) is 1. The van der Waals surface area contributed by atoms with Crippen LogP contribution < -0.4 is 0 Å². The summed E-state index contributed by atoms with van der Waals surface area (Å²) in [5, 5.41) is 0. The molecular weight excluding hydrogens is 370 g/mol. The molecule has 0 saturated carbocycles. The van der Waals surface area contributed by atoms with Gasteiger partial charge >= 0.3 is 5.97 Å². The molecule has 0 N–H and O–H groups in total. The Morgan fingerprint density at radius 2 is 1.81 bits per heavy atom. The SMILES string of the molecule is COC(=O)c1cc(S(=O)(=O)N2CCC[C@H]2C(=O)N2CCC(C)CC2)cn1C. The maximum atomic E-state index is 13.2. The van der Waals surface area contributed by atoms with Gasteiger partial charge in [-0.05, 0) is 37.7 Å². The Morgan fingerprint density at radius 1 is 1.15 bits per heavy atom. The molecule has 2 saturated heterocycles. The number of methoxy groups -OCH3 is 1. The predicted octanol–water partition coefficient (Wildman–Crippen LogP) is 1.22. The summed E-state index contributed by atoms with van der Waals surface area (Å²) >= 11 is 0. The van der Waals surface area contributed by atoms with Crippen molar-refractivity contribution >= 4 is 21.9 Å². The molecule has 0 spiro atoms. The van der Waals surface area contributed by atoms with Gasteiger partial charge < -0.3 is 14.2 Å². The van der Waals surface area contributed by atoms with Crippen LogP contribution in [0.15, 0.2) is 17.2 Å². The number of carbonyl (C=O) groups excluding carboxylic acids is 2. The summed E-state index contributed by atoms with van der Waals surface area (Å²) in [5.74, 6) is -0.110. The topological polar surface area (TPSA) is 88.9 Å². The number of hydrogen-bond donors (Lipinski definition) is 0. The van der Waals surface area contributed by atoms with E-state index in [1.54, 1.807) is 11.9 Å². The van der Waals surface area contributed by atoms with Gasteiger partial charge in [0.25, 0.3) is 0 Å². The molecule has 0 unspecified atom stereocenters. The van der Waals surface area contributed by atoms with Gasteiger partial charge in [-0.3, -0.25) is 4.79 Å². The first-order valence-corrected chi connectivity index (χ1v) is 10.7. The van der Waals surface area contributed by atoms with Crippen LogP contribution in [-0.4, -0.2) is 66.9 Å². The van der Waals surface area contributed by atoms with E-state index in [0.717, 1.165) is 12.8 Å². The number of piperidine rings is 1. The van der Waals surface area contributed by atoms with Crippen molar-refractivity contribution in [1.29, 1.82) is 0 Å². The summed E-state index contributed by atoms with van der Waals surface area (Å²) in [6.45, 7) is 3.85. The minimum absolute atomic E-state index is 0.0115. The van der Waals surface area contributed by atoms with E-state index in [2.05, 4.69) is 11.7 Å². The van der Waals surface area contributed by atoms with E-state index in [1.165, 1.54) is 28.2 Å². The average molecular weight is 397 g/mol. The Hall–Kier alpha value is -1.87. The Balaban J connectivity index is 1.83. The van der Waals surface area contributed by atoms with E-state index < -0.39 is 22.0 Å². The second kappa shape index (κ2) is 7.63. The highest BCUT2D eigenvalue weighted by Crippen LogP contribution is 2.29. The number of aryl methyl sites for hydroxylation is 1. The van der Waals surface area contributed by atoms with Crippen LogP contribution in [0.4, 0.5) is 0 Å². The maximum Gasteiger partial charge on any atom is 0.354 e. The van der Waals surface area contributed by atoms with Gasteiger partial charge in [0, 0.05) is 32.9 Å². The normalized spacial score (nSPS) is 22.2. The number of aromatic nitrogens is 1. The molecule has 0 bridgehead atoms. The van der Waals surface area contributed by atoms with Gasteiger partial charge in [-0.15, -0.1) is 0 Å². The van der Waals surface area contributed by atoms with E-state index in [-0.39, 0.29) is 16.5 Å². The van der Waals surface area contributed by atoms with Gasteiger partial charge in [-0.2, -0.15) is 4.31 Å². The molecule has 2 aliphatic heterocycles. The molecule has 1 atom stereocenters. The largest absolute Gasteiger partial charge is 0.464 e. The fourth-order valence-electron chi connectivity index (χ4n) is 3.83. The standard InChI is InChI=1S/C18H27N3O5S/c1-13-6-9-20(10-7-13)17(22)15-5-4-8-21(15)27(24,25)14-11-16(18(23)26-3)19(2)12-14/h11-13,15H,4-10H2,1-3H3/t15-/m0/s1. The second-order valence-corrected chi connectivity index (χ2v) is 9.34. The molecule has 3 rings (SSSR count). The molecule has 27 heavy (non-hydrogen) atoms. The van der Waals surface area contributed by atoms with Crippen LogP contribution in [0.5, 0.6) is 0 Å². The molecule has 150 valence electrons. The first-order valence-electron chi connectivity index (χ1n) is 9.31. The van der Waals surface area contributed by atoms with Crippen LogP contribution in [0.3, 0.4) is 0 Å². The third-order valence-corrected chi connectivity index (χ3v) is 7.44. The Bertz CT molecular complexity index is 824. The number of hydrogen-bond acceptors (Lipinski definition) is 5. The molecular formula is C18H27N3O5S. The molecule has 2 fully saturated rings. The number of ether oxygens (including phenoxy) is 1. The minimum Gasteiger partial charge on any atom is -0.464 e. The van der Waals surface area contributed by atoms with E-state index in [9.17, 15) is 18.0 Å². The van der Waals surface area contributed by atoms with Crippen LogP contribution >= 0.6 is 0 Å². The zero-order chi connectivity index (χ0) is 19.8. The summed E-state index contributed by atoms with van der Waals surface area (Å²) < 4.78 is 33.7. The minimum atomic E-state index is -3.87. The number of carbonyl (C=O) groups is 2. The summed E-state index contributed by atoms with van der Waals surface area (Å²) in [6.07, 6.45) is 4.47. The summed E-state index contributed by atoms with van der Waals surface area (Å²) in [7, 11) is -1.03. The molecule has 0 radical (unpaired) electrons. The lowest BCUT2D eigenvalue weighted by Gasteiger charge is -2.34. The molecule has 8 nitrogen and oxygen atoms in total. The maximum absolute atomic E-state index is 13.2. The lowest BCUT2D eigenvalue weighted by molar-refractivity contribution is -0.135. The summed E-state index contributed by atoms with van der Waals surface area (Å²) in [6, 6.07) is 0.647. The highest BCUT2D eigenvalue weighted by Gasteiger charge is 2.42. The van der Waals surface area contributed by atoms with Gasteiger partial charge in [-0.1, -0.05) is 6.92 Å². The highest BCUT2D eigenvalue weighted by atomic mass is 32.2. The molecule has 2 aliphatic rings. The summed E-state index contributed by atoms with van der Waals surface area (Å²) in [5.41, 5.74) is 0.156. The molecule has 0 aliphatic carbocycles. The third-order valence-electron chi connectivity index (χ3n) is 5.57. The first-order chi connectivity index (χ1) is 12.8. The van der Waals surface area contributed by atoms with Crippen molar-refractivity contribution in [3.05, 3.63) is 18.0 Å². The monoisotopic (exact) mass is 397 g/mol. The predicted molar refractivity (Wildman–Crippen MR) is 98.6 cm³/mol. The van der Waals surface area contributed by atoms with Crippen molar-refractivity contribution in [2.75, 3.05) is 26.7 Å². The smallest absolute Gasteiger partial charge is 0.354 e. The second-order valence-electron chi connectivity index (χ2n) is 7.45. The quantitative estimate of drug-likeness (QED) is 0.713. The number of sulfonamides is 1. The molecule has 1 aromatic heterocycles. The highest BCUT2D eigenvalue weighted by molar-refractivity contribution is 7.89. The van der Waals surface area contributed by atoms with Crippen molar-refractivity contribution in [3.63, 3.8) is 0 Å². The van der Waals surface area contributed by atoms with Gasteiger partial charge in [-0.25, -0.2) is 13.2 Å². The lowest BCUT2D eigenvalue weighted by atomic mass is 9.98. The Morgan fingerprint density at radius 3 is 2.44 bits per heavy atom. The van der Waals surface area contributed by atoms with E-state index in [0.29, 0.717) is 38.4 Å². The zero-order valence-electron chi connectivity index (χ0n) is 16.1. The van der Waals surface area contributed by atoms with Crippen molar-refractivity contribution in [3.8, 4) is 0 Å². The fourth-order valence-corrected chi connectivity index (χ4v) is 5.56. The number of rotatable bonds is 4. The van der Waals surface area contributed by atoms with Gasteiger partial charge in [0.05, 0.1) is 7.11 Å². The molecule has 0 aromatic carbocycles. The van der Waals surface area contributed by atoms with Crippen LogP contribution in [0.25, 0.3) is 0 Å². The molecule has 3 heterocycles. The summed E-state index contributed by atoms with van der Waals surface area (Å²) in [4.78, 5) is 26.6. The van der Waals surface area contributed by atoms with Gasteiger partial charge in [0.2, 0.25) is 15.9 Å². The van der Waals surface area contributed by atoms with Crippen LogP contribution in [0.2, 0.25) is 0 Å². The van der Waals surface area contributed by atoms with Crippen molar-refractivity contribution in [2.45, 2.75) is 43.5 Å². The first kappa shape index (κ1) is 19.9. The Labute approximate surface area is 160 Å². The van der Waals surface area contributed by atoms with Crippen molar-refractivity contribution in [1.82, 2.24) is 13.8 Å². The lowest BCUT2D eigenvalue weighted by Crippen LogP contribution is -2.49. The third kappa shape index (κ3) is 3.75. The number of esters is 1. The molecule has 9 heteroatoms. The Kier molecular flexibility index (Phi) is 5.62. The molecule has 1 amide bonds. The fraction of sp³-hybridized carbons (Fsp3) is 0.667. The van der Waals surface area contributed by atoms with Crippen LogP contribution in [-0.2, 0) is 26.6 Å². The van der Waals surface area contributed by atoms with E-state index in [1.807, 2.05) is 0 Å². The number of nitrogens with zero attached hydrogens (tertiary/aromatic N) is 3. The average Bonchev–Trinajstić information content (AvgIpc) is 3.28. The van der Waals surface area contributed by atoms with E-state index >= 15 is 0 Å². The van der Waals surface area contributed by atoms with Crippen LogP contribution in [0, 0.1) is 5.92 Å².